The van der Waals surface area contributed by atoms with Crippen molar-refractivity contribution in [1.82, 2.24) is 5.32 Å². The quantitative estimate of drug-likeness (QED) is 0.560. The smallest absolute Gasteiger partial charge is 0.328 e. The van der Waals surface area contributed by atoms with E-state index in [1.54, 1.807) is 6.92 Å². The summed E-state index contributed by atoms with van der Waals surface area (Å²) in [6.07, 6.45) is 6.64. The summed E-state index contributed by atoms with van der Waals surface area (Å²) in [5, 5.41) is 2.65. The van der Waals surface area contributed by atoms with Crippen LogP contribution in [0.3, 0.4) is 0 Å². The van der Waals surface area contributed by atoms with E-state index in [0.717, 1.165) is 19.3 Å². The van der Waals surface area contributed by atoms with Gasteiger partial charge in [-0.3, -0.25) is 4.79 Å². The van der Waals surface area contributed by atoms with Crippen molar-refractivity contribution < 1.29 is 14.3 Å². The summed E-state index contributed by atoms with van der Waals surface area (Å²) in [5.41, 5.74) is 0. The Morgan fingerprint density at radius 2 is 2.20 bits per heavy atom. The van der Waals surface area contributed by atoms with Crippen LogP contribution in [-0.2, 0) is 14.3 Å². The SMILES string of the molecule is COC(=O)C(C)NC(=O)C1CC=CCC1. The molecule has 0 aliphatic heterocycles. The zero-order valence-corrected chi connectivity index (χ0v) is 9.16. The van der Waals surface area contributed by atoms with E-state index in [0.29, 0.717) is 0 Å². The molecule has 4 heteroatoms. The predicted octanol–water partition coefficient (Wildman–Crippen LogP) is 1.02. The van der Waals surface area contributed by atoms with Gasteiger partial charge < -0.3 is 10.1 Å². The average Bonchev–Trinajstić information content (AvgIpc) is 2.29. The highest BCUT2D eigenvalue weighted by Gasteiger charge is 2.22. The first-order valence-electron chi connectivity index (χ1n) is 5.18. The third-order valence-electron chi connectivity index (χ3n) is 2.55. The molecule has 2 atom stereocenters. The maximum Gasteiger partial charge on any atom is 0.328 e. The monoisotopic (exact) mass is 211 g/mol. The molecule has 0 radical (unpaired) electrons. The second-order valence-electron chi connectivity index (χ2n) is 3.73. The molecule has 1 amide bonds. The lowest BCUT2D eigenvalue weighted by atomic mass is 9.93. The zero-order chi connectivity index (χ0) is 11.3. The van der Waals surface area contributed by atoms with Crippen LogP contribution >= 0.6 is 0 Å². The fourth-order valence-corrected chi connectivity index (χ4v) is 1.60. The van der Waals surface area contributed by atoms with Gasteiger partial charge in [-0.15, -0.1) is 0 Å². The number of hydrogen-bond acceptors (Lipinski definition) is 3. The molecule has 1 aliphatic rings. The zero-order valence-electron chi connectivity index (χ0n) is 9.16. The molecule has 0 fully saturated rings. The van der Waals surface area contributed by atoms with Crippen LogP contribution in [0.5, 0.6) is 0 Å². The Kier molecular flexibility index (Phi) is 4.34. The Bertz CT molecular complexity index is 273. The first kappa shape index (κ1) is 11.8. The second-order valence-corrected chi connectivity index (χ2v) is 3.73. The van der Waals surface area contributed by atoms with Crippen LogP contribution in [0.2, 0.25) is 0 Å². The van der Waals surface area contributed by atoms with E-state index >= 15 is 0 Å². The van der Waals surface area contributed by atoms with E-state index in [1.165, 1.54) is 7.11 Å². The van der Waals surface area contributed by atoms with Gasteiger partial charge in [0.2, 0.25) is 5.91 Å². The van der Waals surface area contributed by atoms with Crippen LogP contribution in [0.4, 0.5) is 0 Å². The standard InChI is InChI=1S/C11H17NO3/c1-8(11(14)15-2)12-10(13)9-6-4-3-5-7-9/h3-4,8-9H,5-7H2,1-2H3,(H,12,13). The lowest BCUT2D eigenvalue weighted by Crippen LogP contribution is -2.42. The molecule has 1 rings (SSSR count). The summed E-state index contributed by atoms with van der Waals surface area (Å²) < 4.78 is 4.53. The van der Waals surface area contributed by atoms with Crippen LogP contribution in [0.25, 0.3) is 0 Å². The van der Waals surface area contributed by atoms with Crippen molar-refractivity contribution in [2.45, 2.75) is 32.2 Å². The van der Waals surface area contributed by atoms with Gasteiger partial charge in [0.15, 0.2) is 0 Å². The molecule has 15 heavy (non-hydrogen) atoms. The van der Waals surface area contributed by atoms with Crippen LogP contribution in [-0.4, -0.2) is 25.0 Å². The van der Waals surface area contributed by atoms with Gasteiger partial charge in [-0.1, -0.05) is 12.2 Å². The molecular formula is C11H17NO3. The van der Waals surface area contributed by atoms with Crippen molar-refractivity contribution in [3.05, 3.63) is 12.2 Å². The fraction of sp³-hybridized carbons (Fsp3) is 0.636. The van der Waals surface area contributed by atoms with Gasteiger partial charge in [0.1, 0.15) is 6.04 Å². The highest BCUT2D eigenvalue weighted by atomic mass is 16.5. The molecule has 0 spiro atoms. The molecule has 0 aromatic rings. The molecule has 0 saturated carbocycles. The maximum atomic E-state index is 11.7. The number of hydrogen-bond donors (Lipinski definition) is 1. The number of methoxy groups -OCH3 is 1. The summed E-state index contributed by atoms with van der Waals surface area (Å²) in [7, 11) is 1.31. The van der Waals surface area contributed by atoms with E-state index in [2.05, 4.69) is 16.1 Å². The molecule has 1 aliphatic carbocycles. The highest BCUT2D eigenvalue weighted by Crippen LogP contribution is 2.18. The van der Waals surface area contributed by atoms with Crippen LogP contribution in [0.1, 0.15) is 26.2 Å². The molecule has 1 N–H and O–H groups in total. The Morgan fingerprint density at radius 1 is 1.47 bits per heavy atom. The molecule has 4 nitrogen and oxygen atoms in total. The van der Waals surface area contributed by atoms with E-state index in [-0.39, 0.29) is 11.8 Å². The number of nitrogens with one attached hydrogen (secondary N) is 1. The number of allylic oxidation sites excluding steroid dienone is 2. The van der Waals surface area contributed by atoms with Gasteiger partial charge in [0.25, 0.3) is 0 Å². The molecule has 2 unspecified atom stereocenters. The van der Waals surface area contributed by atoms with Gasteiger partial charge in [-0.05, 0) is 26.2 Å². The summed E-state index contributed by atoms with van der Waals surface area (Å²) in [6, 6.07) is -0.562. The molecular weight excluding hydrogens is 194 g/mol. The van der Waals surface area contributed by atoms with Crippen molar-refractivity contribution in [1.29, 1.82) is 0 Å². The van der Waals surface area contributed by atoms with E-state index in [9.17, 15) is 9.59 Å². The third kappa shape index (κ3) is 3.38. The topological polar surface area (TPSA) is 55.4 Å². The number of rotatable bonds is 3. The second kappa shape index (κ2) is 5.53. The van der Waals surface area contributed by atoms with E-state index < -0.39 is 12.0 Å². The molecule has 0 saturated heterocycles. The Morgan fingerprint density at radius 3 is 2.73 bits per heavy atom. The molecule has 0 heterocycles. The van der Waals surface area contributed by atoms with Crippen LogP contribution in [0, 0.1) is 5.92 Å². The molecule has 0 aromatic heterocycles. The van der Waals surface area contributed by atoms with Crippen molar-refractivity contribution in [2.24, 2.45) is 5.92 Å². The summed E-state index contributed by atoms with van der Waals surface area (Å²) >= 11 is 0. The van der Waals surface area contributed by atoms with E-state index in [1.807, 2.05) is 6.08 Å². The highest BCUT2D eigenvalue weighted by molar-refractivity contribution is 5.85. The van der Waals surface area contributed by atoms with Crippen molar-refractivity contribution >= 4 is 11.9 Å². The van der Waals surface area contributed by atoms with Gasteiger partial charge in [0.05, 0.1) is 7.11 Å². The van der Waals surface area contributed by atoms with Crippen molar-refractivity contribution in [3.63, 3.8) is 0 Å². The number of carbonyl (C=O) groups is 2. The Labute approximate surface area is 89.7 Å². The molecule has 0 aromatic carbocycles. The first-order chi connectivity index (χ1) is 7.15. The average molecular weight is 211 g/mol. The van der Waals surface area contributed by atoms with Crippen LogP contribution < -0.4 is 5.32 Å². The Balaban J connectivity index is 2.41. The number of amides is 1. The number of esters is 1. The van der Waals surface area contributed by atoms with Crippen molar-refractivity contribution in [3.8, 4) is 0 Å². The molecule has 0 bridgehead atoms. The third-order valence-corrected chi connectivity index (χ3v) is 2.55. The predicted molar refractivity (Wildman–Crippen MR) is 56.1 cm³/mol. The number of carbonyl (C=O) groups excluding carboxylic acids is 2. The first-order valence-corrected chi connectivity index (χ1v) is 5.18. The van der Waals surface area contributed by atoms with Crippen molar-refractivity contribution in [2.75, 3.05) is 7.11 Å². The lowest BCUT2D eigenvalue weighted by molar-refractivity contribution is -0.145. The number of ether oxygens (including phenoxy) is 1. The van der Waals surface area contributed by atoms with Gasteiger partial charge in [0, 0.05) is 5.92 Å². The van der Waals surface area contributed by atoms with Gasteiger partial charge in [-0.25, -0.2) is 4.79 Å². The minimum absolute atomic E-state index is 0.00195. The van der Waals surface area contributed by atoms with Gasteiger partial charge in [-0.2, -0.15) is 0 Å². The van der Waals surface area contributed by atoms with E-state index in [4.69, 9.17) is 0 Å². The normalized spacial score (nSPS) is 21.9. The van der Waals surface area contributed by atoms with Gasteiger partial charge >= 0.3 is 5.97 Å². The molecule has 84 valence electrons. The Hall–Kier alpha value is -1.32. The van der Waals surface area contributed by atoms with Crippen LogP contribution in [0.15, 0.2) is 12.2 Å². The largest absolute Gasteiger partial charge is 0.467 e. The minimum atomic E-state index is -0.562. The fourth-order valence-electron chi connectivity index (χ4n) is 1.60. The maximum absolute atomic E-state index is 11.7. The summed E-state index contributed by atoms with van der Waals surface area (Å²) in [6.45, 7) is 1.63. The lowest BCUT2D eigenvalue weighted by Gasteiger charge is -2.19. The summed E-state index contributed by atoms with van der Waals surface area (Å²) in [5.74, 6) is -0.464. The summed E-state index contributed by atoms with van der Waals surface area (Å²) in [4.78, 5) is 22.8. The minimum Gasteiger partial charge on any atom is -0.467 e.